The van der Waals surface area contributed by atoms with Gasteiger partial charge in [-0.2, -0.15) is 0 Å². The SMILES string of the molecule is CCN(C(=O)c1ccc(C)c(S(=O)(=O)N(C)C)c1)C1CCS(=O)(=O)C1. The number of nitrogens with zero attached hydrogens (tertiary/aromatic N) is 2. The van der Waals surface area contributed by atoms with E-state index in [0.717, 1.165) is 4.31 Å². The Labute approximate surface area is 149 Å². The molecule has 0 bridgehead atoms. The van der Waals surface area contributed by atoms with Crippen molar-refractivity contribution in [2.45, 2.75) is 31.2 Å². The molecular weight excluding hydrogens is 364 g/mol. The second-order valence-corrected chi connectivity index (χ2v) is 10.8. The maximum atomic E-state index is 12.9. The van der Waals surface area contributed by atoms with Crippen LogP contribution in [0.15, 0.2) is 23.1 Å². The Balaban J connectivity index is 2.39. The molecule has 1 saturated heterocycles. The maximum absolute atomic E-state index is 12.9. The number of sulfone groups is 1. The monoisotopic (exact) mass is 388 g/mol. The van der Waals surface area contributed by atoms with Crippen LogP contribution in [-0.2, 0) is 19.9 Å². The number of aryl methyl sites for hydroxylation is 1. The van der Waals surface area contributed by atoms with Crippen molar-refractivity contribution in [1.29, 1.82) is 0 Å². The zero-order valence-corrected chi connectivity index (χ0v) is 16.5. The van der Waals surface area contributed by atoms with Crippen molar-refractivity contribution in [3.63, 3.8) is 0 Å². The molecule has 0 N–H and O–H groups in total. The minimum atomic E-state index is -3.67. The van der Waals surface area contributed by atoms with E-state index in [1.54, 1.807) is 26.0 Å². The zero-order chi connectivity index (χ0) is 19.0. The van der Waals surface area contributed by atoms with Gasteiger partial charge in [0.25, 0.3) is 5.91 Å². The number of benzene rings is 1. The lowest BCUT2D eigenvalue weighted by atomic mass is 10.1. The molecule has 1 aromatic rings. The third-order valence-electron chi connectivity index (χ3n) is 4.44. The van der Waals surface area contributed by atoms with Gasteiger partial charge in [0, 0.05) is 32.2 Å². The first-order valence-corrected chi connectivity index (χ1v) is 11.3. The number of hydrogen-bond acceptors (Lipinski definition) is 5. The van der Waals surface area contributed by atoms with Crippen LogP contribution in [0.5, 0.6) is 0 Å². The molecule has 1 atom stereocenters. The Morgan fingerprint density at radius 3 is 2.40 bits per heavy atom. The average Bonchev–Trinajstić information content (AvgIpc) is 2.87. The van der Waals surface area contributed by atoms with E-state index >= 15 is 0 Å². The molecule has 0 saturated carbocycles. The summed E-state index contributed by atoms with van der Waals surface area (Å²) in [5.74, 6) is -0.309. The first-order chi connectivity index (χ1) is 11.5. The Morgan fingerprint density at radius 1 is 1.28 bits per heavy atom. The summed E-state index contributed by atoms with van der Waals surface area (Å²) in [7, 11) is -3.91. The van der Waals surface area contributed by atoms with Gasteiger partial charge >= 0.3 is 0 Å². The molecular formula is C16H24N2O5S2. The topological polar surface area (TPSA) is 91.8 Å². The van der Waals surface area contributed by atoms with E-state index < -0.39 is 19.9 Å². The predicted molar refractivity (Wildman–Crippen MR) is 95.8 cm³/mol. The van der Waals surface area contributed by atoms with Crippen LogP contribution < -0.4 is 0 Å². The summed E-state index contributed by atoms with van der Waals surface area (Å²) in [5.41, 5.74) is 0.800. The molecule has 2 rings (SSSR count). The molecule has 1 heterocycles. The number of carbonyl (C=O) groups excluding carboxylic acids is 1. The van der Waals surface area contributed by atoms with Crippen molar-refractivity contribution in [3.05, 3.63) is 29.3 Å². The molecule has 9 heteroatoms. The Kier molecular flexibility index (Phi) is 5.60. The standard InChI is InChI=1S/C16H24N2O5S2/c1-5-18(14-8-9-24(20,21)11-14)16(19)13-7-6-12(2)15(10-13)25(22,23)17(3)4/h6-7,10,14H,5,8-9,11H2,1-4H3. The normalized spacial score (nSPS) is 20.0. The fourth-order valence-electron chi connectivity index (χ4n) is 2.96. The summed E-state index contributed by atoms with van der Waals surface area (Å²) in [6.07, 6.45) is 0.413. The van der Waals surface area contributed by atoms with Crippen molar-refractivity contribution >= 4 is 25.8 Å². The van der Waals surface area contributed by atoms with Crippen molar-refractivity contribution < 1.29 is 21.6 Å². The Hall–Kier alpha value is -1.45. The van der Waals surface area contributed by atoms with E-state index in [2.05, 4.69) is 0 Å². The summed E-state index contributed by atoms with van der Waals surface area (Å²) >= 11 is 0. The molecule has 1 aliphatic heterocycles. The molecule has 0 spiro atoms. The highest BCUT2D eigenvalue weighted by atomic mass is 32.2. The summed E-state index contributed by atoms with van der Waals surface area (Å²) in [6, 6.07) is 4.19. The van der Waals surface area contributed by atoms with Gasteiger partial charge in [0.15, 0.2) is 9.84 Å². The molecule has 0 radical (unpaired) electrons. The van der Waals surface area contributed by atoms with Crippen molar-refractivity contribution in [2.24, 2.45) is 0 Å². The third kappa shape index (κ3) is 4.04. The molecule has 1 fully saturated rings. The molecule has 7 nitrogen and oxygen atoms in total. The van der Waals surface area contributed by atoms with Crippen molar-refractivity contribution in [2.75, 3.05) is 32.1 Å². The number of sulfonamides is 1. The van der Waals surface area contributed by atoms with Gasteiger partial charge in [-0.1, -0.05) is 6.07 Å². The van der Waals surface area contributed by atoms with Crippen LogP contribution in [0.3, 0.4) is 0 Å². The highest BCUT2D eigenvalue weighted by Crippen LogP contribution is 2.23. The van der Waals surface area contributed by atoms with Crippen LogP contribution >= 0.6 is 0 Å². The zero-order valence-electron chi connectivity index (χ0n) is 14.9. The largest absolute Gasteiger partial charge is 0.335 e. The quantitative estimate of drug-likeness (QED) is 0.747. The average molecular weight is 389 g/mol. The first kappa shape index (κ1) is 19.9. The third-order valence-corrected chi connectivity index (χ3v) is 8.15. The molecule has 0 aromatic heterocycles. The van der Waals surface area contributed by atoms with Gasteiger partial charge in [0.1, 0.15) is 0 Å². The molecule has 1 unspecified atom stereocenters. The lowest BCUT2D eigenvalue weighted by Gasteiger charge is -2.27. The van der Waals surface area contributed by atoms with Crippen molar-refractivity contribution in [1.82, 2.24) is 9.21 Å². The van der Waals surface area contributed by atoms with Gasteiger partial charge in [0.05, 0.1) is 16.4 Å². The molecule has 1 amide bonds. The molecule has 0 aliphatic carbocycles. The van der Waals surface area contributed by atoms with Crippen LogP contribution in [0.1, 0.15) is 29.3 Å². The summed E-state index contributed by atoms with van der Waals surface area (Å²) in [4.78, 5) is 14.5. The summed E-state index contributed by atoms with van der Waals surface area (Å²) in [6.45, 7) is 3.82. The van der Waals surface area contributed by atoms with Crippen LogP contribution in [0.25, 0.3) is 0 Å². The lowest BCUT2D eigenvalue weighted by Crippen LogP contribution is -2.41. The van der Waals surface area contributed by atoms with Crippen molar-refractivity contribution in [3.8, 4) is 0 Å². The fourth-order valence-corrected chi connectivity index (χ4v) is 5.84. The molecule has 1 aliphatic rings. The number of hydrogen-bond donors (Lipinski definition) is 0. The van der Waals surface area contributed by atoms with E-state index in [-0.39, 0.29) is 33.9 Å². The molecule has 1 aromatic carbocycles. The smallest absolute Gasteiger partial charge is 0.254 e. The predicted octanol–water partition coefficient (Wildman–Crippen LogP) is 0.895. The van der Waals surface area contributed by atoms with Crippen LogP contribution in [-0.4, -0.2) is 70.1 Å². The van der Waals surface area contributed by atoms with E-state index in [1.807, 2.05) is 0 Å². The fraction of sp³-hybridized carbons (Fsp3) is 0.562. The first-order valence-electron chi connectivity index (χ1n) is 8.04. The Bertz CT molecular complexity index is 876. The summed E-state index contributed by atoms with van der Waals surface area (Å²) < 4.78 is 49.4. The molecule has 25 heavy (non-hydrogen) atoms. The van der Waals surface area contributed by atoms with Crippen LogP contribution in [0.2, 0.25) is 0 Å². The lowest BCUT2D eigenvalue weighted by molar-refractivity contribution is 0.0708. The van der Waals surface area contributed by atoms with E-state index in [4.69, 9.17) is 0 Å². The minimum Gasteiger partial charge on any atom is -0.335 e. The second-order valence-electron chi connectivity index (χ2n) is 6.42. The summed E-state index contributed by atoms with van der Waals surface area (Å²) in [5, 5.41) is 0. The minimum absolute atomic E-state index is 0.0404. The number of amides is 1. The van der Waals surface area contributed by atoms with Gasteiger partial charge in [0.2, 0.25) is 10.0 Å². The van der Waals surface area contributed by atoms with Gasteiger partial charge in [-0.05, 0) is 38.0 Å². The van der Waals surface area contributed by atoms with E-state index in [0.29, 0.717) is 18.5 Å². The number of rotatable bonds is 5. The van der Waals surface area contributed by atoms with Gasteiger partial charge < -0.3 is 4.90 Å². The van der Waals surface area contributed by atoms with Gasteiger partial charge in [-0.15, -0.1) is 0 Å². The van der Waals surface area contributed by atoms with Crippen LogP contribution in [0.4, 0.5) is 0 Å². The maximum Gasteiger partial charge on any atom is 0.254 e. The van der Waals surface area contributed by atoms with Crippen LogP contribution in [0, 0.1) is 6.92 Å². The van der Waals surface area contributed by atoms with E-state index in [1.165, 1.54) is 25.1 Å². The Morgan fingerprint density at radius 2 is 1.92 bits per heavy atom. The van der Waals surface area contributed by atoms with E-state index in [9.17, 15) is 21.6 Å². The van der Waals surface area contributed by atoms with Gasteiger partial charge in [-0.25, -0.2) is 21.1 Å². The number of carbonyl (C=O) groups is 1. The second kappa shape index (κ2) is 7.05. The molecule has 140 valence electrons. The highest BCUT2D eigenvalue weighted by Gasteiger charge is 2.34. The van der Waals surface area contributed by atoms with Gasteiger partial charge in [-0.3, -0.25) is 4.79 Å². The highest BCUT2D eigenvalue weighted by molar-refractivity contribution is 7.91.